The zero-order valence-electron chi connectivity index (χ0n) is 16.3. The minimum atomic E-state index is -3.90. The highest BCUT2D eigenvalue weighted by molar-refractivity contribution is 7.92. The van der Waals surface area contributed by atoms with E-state index in [9.17, 15) is 23.3 Å². The number of hydrogen-bond donors (Lipinski definition) is 2. The van der Waals surface area contributed by atoms with Crippen LogP contribution in [0.15, 0.2) is 71.6 Å². The van der Waals surface area contributed by atoms with E-state index in [0.29, 0.717) is 27.5 Å². The summed E-state index contributed by atoms with van der Waals surface area (Å²) >= 11 is 5.83. The van der Waals surface area contributed by atoms with E-state index in [-0.39, 0.29) is 22.9 Å². The van der Waals surface area contributed by atoms with Crippen molar-refractivity contribution in [1.82, 2.24) is 0 Å². The fourth-order valence-corrected chi connectivity index (χ4v) is 4.28. The molecule has 0 saturated carbocycles. The molecule has 0 radical (unpaired) electrons. The van der Waals surface area contributed by atoms with E-state index in [1.54, 1.807) is 43.3 Å². The number of non-ortho nitro benzene ring substituents is 1. The molecule has 31 heavy (non-hydrogen) atoms. The summed E-state index contributed by atoms with van der Waals surface area (Å²) in [6, 6.07) is 16.4. The molecule has 3 aromatic carbocycles. The summed E-state index contributed by atoms with van der Waals surface area (Å²) < 4.78 is 28.1. The fraction of sp³-hybridized carbons (Fsp3) is 0.0952. The Balaban J connectivity index is 1.74. The predicted octanol–water partition coefficient (Wildman–Crippen LogP) is 4.54. The molecule has 0 aromatic heterocycles. The highest BCUT2D eigenvalue weighted by atomic mass is 35.5. The molecule has 0 spiro atoms. The number of nitro benzene ring substituents is 1. The van der Waals surface area contributed by atoms with E-state index in [1.807, 2.05) is 0 Å². The normalized spacial score (nSPS) is 11.0. The molecule has 10 heteroatoms. The Kier molecular flexibility index (Phi) is 6.57. The van der Waals surface area contributed by atoms with E-state index in [2.05, 4.69) is 10.0 Å². The Morgan fingerprint density at radius 2 is 1.61 bits per heavy atom. The van der Waals surface area contributed by atoms with E-state index in [4.69, 9.17) is 11.6 Å². The monoisotopic (exact) mass is 459 g/mol. The molecule has 0 heterocycles. The summed E-state index contributed by atoms with van der Waals surface area (Å²) in [5.41, 5.74) is 1.71. The fourth-order valence-electron chi connectivity index (χ4n) is 2.82. The van der Waals surface area contributed by atoms with Gasteiger partial charge in [-0.05, 0) is 54.4 Å². The van der Waals surface area contributed by atoms with Crippen molar-refractivity contribution in [3.8, 4) is 0 Å². The smallest absolute Gasteiger partial charge is 0.269 e. The van der Waals surface area contributed by atoms with E-state index < -0.39 is 14.9 Å². The molecule has 8 nitrogen and oxygen atoms in total. The number of carbonyl (C=O) groups excluding carboxylic acids is 1. The Bertz CT molecular complexity index is 1230. The van der Waals surface area contributed by atoms with Crippen molar-refractivity contribution in [2.45, 2.75) is 18.2 Å². The number of amides is 1. The van der Waals surface area contributed by atoms with Gasteiger partial charge < -0.3 is 5.32 Å². The highest BCUT2D eigenvalue weighted by Gasteiger charge is 2.18. The minimum absolute atomic E-state index is 0.0169. The lowest BCUT2D eigenvalue weighted by Gasteiger charge is -2.13. The molecular weight excluding hydrogens is 442 g/mol. The van der Waals surface area contributed by atoms with Gasteiger partial charge in [-0.3, -0.25) is 19.6 Å². The molecule has 2 N–H and O–H groups in total. The summed E-state index contributed by atoms with van der Waals surface area (Å²) in [6.45, 7) is 1.65. The quantitative estimate of drug-likeness (QED) is 0.397. The molecule has 0 bridgehead atoms. The summed E-state index contributed by atoms with van der Waals surface area (Å²) in [5.74, 6) is -0.383. The van der Waals surface area contributed by atoms with Crippen LogP contribution in [0.2, 0.25) is 5.02 Å². The third kappa shape index (κ3) is 5.80. The molecule has 0 unspecified atom stereocenters. The van der Waals surface area contributed by atoms with Gasteiger partial charge in [0, 0.05) is 28.5 Å². The molecule has 0 aliphatic rings. The number of hydrogen-bond acceptors (Lipinski definition) is 5. The standard InChI is InChI=1S/C21H18ClN3O5S/c1-14-2-7-18(23-21(26)12-15-3-10-19(11-4-15)25(27)28)13-20(14)31(29,30)24-17-8-5-16(22)6-9-17/h2-11,13,24H,12H2,1H3,(H,23,26). The van der Waals surface area contributed by atoms with Gasteiger partial charge in [0.2, 0.25) is 5.91 Å². The number of anilines is 2. The molecule has 3 rings (SSSR count). The second-order valence-corrected chi connectivity index (χ2v) is 8.83. The van der Waals surface area contributed by atoms with Crippen LogP contribution in [0.1, 0.15) is 11.1 Å². The SMILES string of the molecule is Cc1ccc(NC(=O)Cc2ccc([N+](=O)[O-])cc2)cc1S(=O)(=O)Nc1ccc(Cl)cc1. The lowest BCUT2D eigenvalue weighted by molar-refractivity contribution is -0.384. The Hall–Kier alpha value is -3.43. The Labute approximate surface area is 184 Å². The molecule has 0 aliphatic heterocycles. The zero-order valence-corrected chi connectivity index (χ0v) is 17.9. The van der Waals surface area contributed by atoms with Crippen LogP contribution in [0.25, 0.3) is 0 Å². The molecule has 0 aliphatic carbocycles. The number of nitrogens with one attached hydrogen (secondary N) is 2. The van der Waals surface area contributed by atoms with Crippen molar-refractivity contribution < 1.29 is 18.1 Å². The molecular formula is C21H18ClN3O5S. The minimum Gasteiger partial charge on any atom is -0.326 e. The average molecular weight is 460 g/mol. The van der Waals surface area contributed by atoms with Crippen molar-refractivity contribution in [3.63, 3.8) is 0 Å². The van der Waals surface area contributed by atoms with E-state index in [1.165, 1.54) is 30.3 Å². The number of sulfonamides is 1. The second kappa shape index (κ2) is 9.15. The van der Waals surface area contributed by atoms with Gasteiger partial charge in [-0.1, -0.05) is 29.8 Å². The maximum Gasteiger partial charge on any atom is 0.269 e. The van der Waals surface area contributed by atoms with Crippen molar-refractivity contribution in [2.24, 2.45) is 0 Å². The van der Waals surface area contributed by atoms with Crippen molar-refractivity contribution in [3.05, 3.63) is 93.0 Å². The maximum atomic E-state index is 12.8. The summed E-state index contributed by atoms with van der Waals surface area (Å²) in [7, 11) is -3.90. The second-order valence-electron chi connectivity index (χ2n) is 6.74. The van der Waals surface area contributed by atoms with Crippen molar-refractivity contribution in [2.75, 3.05) is 10.0 Å². The lowest BCUT2D eigenvalue weighted by atomic mass is 10.1. The van der Waals surface area contributed by atoms with Crippen LogP contribution in [-0.4, -0.2) is 19.2 Å². The Morgan fingerprint density at radius 3 is 2.23 bits per heavy atom. The number of nitro groups is 1. The summed E-state index contributed by atoms with van der Waals surface area (Å²) in [6.07, 6.45) is -0.0169. The molecule has 1 amide bonds. The van der Waals surface area contributed by atoms with Gasteiger partial charge in [0.25, 0.3) is 15.7 Å². The zero-order chi connectivity index (χ0) is 22.6. The third-order valence-electron chi connectivity index (χ3n) is 4.37. The molecule has 160 valence electrons. The number of nitrogens with zero attached hydrogens (tertiary/aromatic N) is 1. The van der Waals surface area contributed by atoms with Gasteiger partial charge in [-0.25, -0.2) is 8.42 Å². The molecule has 0 fully saturated rings. The Morgan fingerprint density at radius 1 is 1.00 bits per heavy atom. The van der Waals surface area contributed by atoms with Gasteiger partial charge in [-0.2, -0.15) is 0 Å². The molecule has 0 saturated heterocycles. The molecule has 3 aromatic rings. The number of rotatable bonds is 7. The molecule has 0 atom stereocenters. The van der Waals surface area contributed by atoms with Gasteiger partial charge in [0.1, 0.15) is 0 Å². The van der Waals surface area contributed by atoms with Crippen LogP contribution in [0, 0.1) is 17.0 Å². The third-order valence-corrected chi connectivity index (χ3v) is 6.14. The first-order chi connectivity index (χ1) is 14.6. The van der Waals surface area contributed by atoms with Crippen LogP contribution in [0.5, 0.6) is 0 Å². The van der Waals surface area contributed by atoms with E-state index >= 15 is 0 Å². The first-order valence-corrected chi connectivity index (χ1v) is 10.9. The first kappa shape index (κ1) is 22.3. The van der Waals surface area contributed by atoms with Gasteiger partial charge in [0.05, 0.1) is 16.2 Å². The topological polar surface area (TPSA) is 118 Å². The number of benzene rings is 3. The number of aryl methyl sites for hydroxylation is 1. The van der Waals surface area contributed by atoms with Crippen molar-refractivity contribution >= 4 is 44.6 Å². The number of carbonyl (C=O) groups is 1. The lowest BCUT2D eigenvalue weighted by Crippen LogP contribution is -2.17. The van der Waals surface area contributed by atoms with Crippen LogP contribution < -0.4 is 10.0 Å². The van der Waals surface area contributed by atoms with Gasteiger partial charge >= 0.3 is 0 Å². The van der Waals surface area contributed by atoms with Gasteiger partial charge in [0.15, 0.2) is 0 Å². The maximum absolute atomic E-state index is 12.8. The average Bonchev–Trinajstić information content (AvgIpc) is 2.71. The van der Waals surface area contributed by atoms with Crippen LogP contribution in [0.3, 0.4) is 0 Å². The van der Waals surface area contributed by atoms with Crippen LogP contribution in [-0.2, 0) is 21.2 Å². The summed E-state index contributed by atoms with van der Waals surface area (Å²) in [5, 5.41) is 13.9. The van der Waals surface area contributed by atoms with Crippen molar-refractivity contribution in [1.29, 1.82) is 0 Å². The predicted molar refractivity (Wildman–Crippen MR) is 119 cm³/mol. The largest absolute Gasteiger partial charge is 0.326 e. The first-order valence-electron chi connectivity index (χ1n) is 9.06. The number of halogens is 1. The van der Waals surface area contributed by atoms with E-state index in [0.717, 1.165) is 0 Å². The van der Waals surface area contributed by atoms with Crippen LogP contribution in [0.4, 0.5) is 17.1 Å². The highest BCUT2D eigenvalue weighted by Crippen LogP contribution is 2.24. The van der Waals surface area contributed by atoms with Gasteiger partial charge in [-0.15, -0.1) is 0 Å². The van der Waals surface area contributed by atoms with Crippen LogP contribution >= 0.6 is 11.6 Å². The summed E-state index contributed by atoms with van der Waals surface area (Å²) in [4.78, 5) is 22.6.